The predicted octanol–water partition coefficient (Wildman–Crippen LogP) is 4.89. The fourth-order valence-electron chi connectivity index (χ4n) is 2.25. The first-order valence-corrected chi connectivity index (χ1v) is 8.69. The van der Waals surface area contributed by atoms with E-state index in [9.17, 15) is 25.0 Å². The normalized spacial score (nSPS) is 12.5. The van der Waals surface area contributed by atoms with E-state index >= 15 is 0 Å². The van der Waals surface area contributed by atoms with Gasteiger partial charge in [0.2, 0.25) is 11.4 Å². The van der Waals surface area contributed by atoms with Gasteiger partial charge in [0, 0.05) is 19.3 Å². The lowest BCUT2D eigenvalue weighted by Crippen LogP contribution is -1.98. The molecule has 25 heavy (non-hydrogen) atoms. The van der Waals surface area contributed by atoms with Crippen molar-refractivity contribution >= 4 is 6.29 Å². The van der Waals surface area contributed by atoms with Gasteiger partial charge in [0.1, 0.15) is 0 Å². The fourth-order valence-corrected chi connectivity index (χ4v) is 2.25. The molecule has 0 fully saturated rings. The molecule has 0 heterocycles. The minimum atomic E-state index is -0.393. The highest BCUT2D eigenvalue weighted by Crippen LogP contribution is 2.13. The average molecular weight is 351 g/mol. The van der Waals surface area contributed by atoms with E-state index in [0.29, 0.717) is 32.1 Å². The van der Waals surface area contributed by atoms with Crippen molar-refractivity contribution in [2.45, 2.75) is 71.1 Å². The molecule has 0 amide bonds. The molecule has 139 valence electrons. The number of hydrogen-bond acceptors (Lipinski definition) is 5. The summed E-state index contributed by atoms with van der Waals surface area (Å²) in [4.78, 5) is 31.0. The zero-order chi connectivity index (χ0) is 18.9. The van der Waals surface area contributed by atoms with Crippen LogP contribution in [0.1, 0.15) is 71.1 Å². The molecule has 0 rings (SSSR count). The maximum atomic E-state index is 11.0. The average Bonchev–Trinajstić information content (AvgIpc) is 2.57. The molecule has 0 unspecified atom stereocenters. The summed E-state index contributed by atoms with van der Waals surface area (Å²) >= 11 is 0. The van der Waals surface area contributed by atoms with E-state index in [1.807, 2.05) is 6.29 Å². The van der Waals surface area contributed by atoms with Gasteiger partial charge in [-0.15, -0.1) is 0 Å². The van der Waals surface area contributed by atoms with Gasteiger partial charge in [0.25, 0.3) is 0 Å². The number of unbranched alkanes of at least 4 members (excludes halogenated alkanes) is 5. The van der Waals surface area contributed by atoms with Gasteiger partial charge in [-0.3, -0.25) is 25.0 Å². The number of allylic oxidation sites excluding steroid dienone is 6. The number of hydrogen-bond donors (Lipinski definition) is 0. The van der Waals surface area contributed by atoms with Gasteiger partial charge in [-0.25, -0.2) is 0 Å². The molecule has 0 aromatic heterocycles. The Hall–Kier alpha value is -2.31. The van der Waals surface area contributed by atoms with E-state index in [-0.39, 0.29) is 16.3 Å². The highest BCUT2D eigenvalue weighted by molar-refractivity contribution is 5.50. The number of nitrogens with zero attached hydrogens (tertiary/aromatic N) is 2. The van der Waals surface area contributed by atoms with Crippen molar-refractivity contribution < 1.29 is 14.6 Å². The maximum Gasteiger partial charge on any atom is 0.242 e. The summed E-state index contributed by atoms with van der Waals surface area (Å²) in [6.07, 6.45) is 15.1. The first-order chi connectivity index (χ1) is 12.0. The van der Waals surface area contributed by atoms with Crippen molar-refractivity contribution in [2.24, 2.45) is 0 Å². The Bertz CT molecular complexity index is 510. The summed E-state index contributed by atoms with van der Waals surface area (Å²) in [5.41, 5.74) is 0.387. The van der Waals surface area contributed by atoms with Gasteiger partial charge in [-0.1, -0.05) is 38.3 Å². The lowest BCUT2D eigenvalue weighted by atomic mass is 10.1. The Kier molecular flexibility index (Phi) is 13.8. The summed E-state index contributed by atoms with van der Waals surface area (Å²) < 4.78 is 0. The van der Waals surface area contributed by atoms with Crippen molar-refractivity contribution in [3.8, 4) is 0 Å². The zero-order valence-corrected chi connectivity index (χ0v) is 14.8. The molecule has 0 aliphatic carbocycles. The molecule has 0 aromatic carbocycles. The zero-order valence-electron chi connectivity index (χ0n) is 14.8. The molecule has 0 aliphatic rings. The number of carbonyl (C=O) groups excluding carboxylic acids is 1. The van der Waals surface area contributed by atoms with Crippen LogP contribution in [0.3, 0.4) is 0 Å². The maximum absolute atomic E-state index is 11.0. The Labute approximate surface area is 148 Å². The van der Waals surface area contributed by atoms with E-state index in [2.05, 4.69) is 0 Å². The Morgan fingerprint density at radius 2 is 1.40 bits per heavy atom. The second kappa shape index (κ2) is 15.2. The Morgan fingerprint density at radius 3 is 1.92 bits per heavy atom. The minimum Gasteiger partial charge on any atom is -0.291 e. The smallest absolute Gasteiger partial charge is 0.242 e. The Morgan fingerprint density at radius 1 is 0.880 bits per heavy atom. The van der Waals surface area contributed by atoms with Crippen molar-refractivity contribution in [3.63, 3.8) is 0 Å². The highest BCUT2D eigenvalue weighted by Gasteiger charge is 2.08. The van der Waals surface area contributed by atoms with Crippen molar-refractivity contribution in [2.75, 3.05) is 0 Å². The van der Waals surface area contributed by atoms with E-state index in [4.69, 9.17) is 0 Å². The molecule has 0 spiro atoms. The second-order valence-electron chi connectivity index (χ2n) is 5.61. The van der Waals surface area contributed by atoms with Crippen LogP contribution in [-0.4, -0.2) is 16.1 Å². The van der Waals surface area contributed by atoms with Gasteiger partial charge in [-0.05, 0) is 37.8 Å². The molecule has 0 bridgehead atoms. The van der Waals surface area contributed by atoms with Gasteiger partial charge in [0.05, 0.1) is 9.85 Å². The van der Waals surface area contributed by atoms with E-state index in [1.165, 1.54) is 0 Å². The lowest BCUT2D eigenvalue weighted by Gasteiger charge is -2.00. The molecular weight excluding hydrogens is 324 g/mol. The Balaban J connectivity index is 4.15. The van der Waals surface area contributed by atoms with Crippen molar-refractivity contribution in [1.29, 1.82) is 0 Å². The predicted molar refractivity (Wildman–Crippen MR) is 96.8 cm³/mol. The summed E-state index contributed by atoms with van der Waals surface area (Å²) in [6, 6.07) is 0. The third-order valence-corrected chi connectivity index (χ3v) is 3.69. The molecule has 1 radical (unpaired) electrons. The highest BCUT2D eigenvalue weighted by atomic mass is 16.6. The van der Waals surface area contributed by atoms with Gasteiger partial charge < -0.3 is 0 Å². The van der Waals surface area contributed by atoms with E-state index in [0.717, 1.165) is 32.1 Å². The largest absolute Gasteiger partial charge is 0.291 e. The summed E-state index contributed by atoms with van der Waals surface area (Å²) in [7, 11) is 0. The molecule has 7 heteroatoms. The van der Waals surface area contributed by atoms with E-state index < -0.39 is 4.92 Å². The van der Waals surface area contributed by atoms with Crippen LogP contribution < -0.4 is 0 Å². The van der Waals surface area contributed by atoms with Crippen LogP contribution in [0.4, 0.5) is 0 Å². The van der Waals surface area contributed by atoms with E-state index in [1.54, 1.807) is 31.2 Å². The first-order valence-electron chi connectivity index (χ1n) is 8.69. The standard InChI is InChI=1S/C18H27N2O5/c1-2-17(19(22)23)13-9-6-7-11-15-18(20(24)25)14-10-5-3-4-8-12-16-21/h6-7,13,15H,2-5,8-12,14H2,1H3/b7-6+,17-13-,18-15-. The molecule has 0 saturated heterocycles. The van der Waals surface area contributed by atoms with Crippen molar-refractivity contribution in [1.82, 2.24) is 0 Å². The van der Waals surface area contributed by atoms with Crippen LogP contribution >= 0.6 is 0 Å². The quantitative estimate of drug-likeness (QED) is 0.181. The molecule has 0 atom stereocenters. The summed E-state index contributed by atoms with van der Waals surface area (Å²) in [5, 5.41) is 21.6. The van der Waals surface area contributed by atoms with Crippen molar-refractivity contribution in [3.05, 3.63) is 55.9 Å². The van der Waals surface area contributed by atoms with Gasteiger partial charge >= 0.3 is 0 Å². The van der Waals surface area contributed by atoms with Crippen LogP contribution in [0.2, 0.25) is 0 Å². The topological polar surface area (TPSA) is 103 Å². The summed E-state index contributed by atoms with van der Waals surface area (Å²) in [6.45, 7) is 1.73. The molecular formula is C18H27N2O5. The first kappa shape index (κ1) is 22.7. The molecule has 0 aromatic rings. The van der Waals surface area contributed by atoms with Crippen LogP contribution in [0.5, 0.6) is 0 Å². The van der Waals surface area contributed by atoms with Crippen LogP contribution in [0.25, 0.3) is 0 Å². The fraction of sp³-hybridized carbons (Fsp3) is 0.611. The number of nitro groups is 2. The monoisotopic (exact) mass is 351 g/mol. The minimum absolute atomic E-state index is 0.178. The lowest BCUT2D eigenvalue weighted by molar-refractivity contribution is -0.428. The van der Waals surface area contributed by atoms with Gasteiger partial charge in [-0.2, -0.15) is 0 Å². The third kappa shape index (κ3) is 12.7. The SMILES string of the molecule is CC/C(=C/C/C=C/C/C=C(/CCCCCCC[C]=O)[N+](=O)[O-])[N+](=O)[O-]. The second-order valence-corrected chi connectivity index (χ2v) is 5.61. The molecule has 0 aliphatic heterocycles. The molecule has 7 nitrogen and oxygen atoms in total. The summed E-state index contributed by atoms with van der Waals surface area (Å²) in [5.74, 6) is 0. The molecule has 0 N–H and O–H groups in total. The van der Waals surface area contributed by atoms with Crippen LogP contribution in [0, 0.1) is 20.2 Å². The van der Waals surface area contributed by atoms with Crippen LogP contribution in [-0.2, 0) is 4.79 Å². The molecule has 0 saturated carbocycles. The van der Waals surface area contributed by atoms with Gasteiger partial charge in [0.15, 0.2) is 6.29 Å². The number of rotatable bonds is 15. The third-order valence-electron chi connectivity index (χ3n) is 3.69. The van der Waals surface area contributed by atoms with Crippen LogP contribution in [0.15, 0.2) is 35.7 Å².